The van der Waals surface area contributed by atoms with Crippen LogP contribution >= 0.6 is 23.2 Å². The van der Waals surface area contributed by atoms with E-state index in [0.29, 0.717) is 22.3 Å². The van der Waals surface area contributed by atoms with Gasteiger partial charge in [-0.05, 0) is 48.4 Å². The molecule has 3 N–H and O–H groups in total. The van der Waals surface area contributed by atoms with E-state index in [4.69, 9.17) is 28.3 Å². The van der Waals surface area contributed by atoms with Crippen LogP contribution in [0.5, 0.6) is 0 Å². The molecule has 2 aromatic carbocycles. The van der Waals surface area contributed by atoms with Crippen LogP contribution in [0.4, 0.5) is 5.69 Å². The van der Waals surface area contributed by atoms with Crippen molar-refractivity contribution in [2.75, 3.05) is 5.32 Å². The number of nitrogens with one attached hydrogen (secondary N) is 1. The first kappa shape index (κ1) is 16.1. The second kappa shape index (κ2) is 6.23. The number of hydrogen-bond acceptors (Lipinski definition) is 3. The molecule has 2 aromatic rings. The van der Waals surface area contributed by atoms with E-state index in [-0.39, 0.29) is 4.90 Å². The molecule has 7 heteroatoms. The van der Waals surface area contributed by atoms with E-state index in [0.717, 1.165) is 11.1 Å². The van der Waals surface area contributed by atoms with Crippen LogP contribution in [-0.2, 0) is 16.6 Å². The lowest BCUT2D eigenvalue weighted by atomic mass is 10.1. The molecule has 0 aliphatic heterocycles. The lowest BCUT2D eigenvalue weighted by Crippen LogP contribution is -2.12. The predicted octanol–water partition coefficient (Wildman–Crippen LogP) is 3.56. The highest BCUT2D eigenvalue weighted by molar-refractivity contribution is 7.89. The molecule has 0 bridgehead atoms. The van der Waals surface area contributed by atoms with Crippen molar-refractivity contribution < 1.29 is 8.42 Å². The van der Waals surface area contributed by atoms with Crippen LogP contribution in [0.1, 0.15) is 11.1 Å². The van der Waals surface area contributed by atoms with Crippen LogP contribution in [0.2, 0.25) is 10.0 Å². The van der Waals surface area contributed by atoms with Gasteiger partial charge in [-0.25, -0.2) is 13.6 Å². The SMILES string of the molecule is Cc1cc(Cl)ccc1CNc1cc(S(N)(=O)=O)ccc1Cl. The first-order valence-corrected chi connectivity index (χ1v) is 8.39. The Balaban J connectivity index is 2.23. The maximum absolute atomic E-state index is 11.4. The Morgan fingerprint density at radius 2 is 1.86 bits per heavy atom. The van der Waals surface area contributed by atoms with Gasteiger partial charge < -0.3 is 5.32 Å². The third kappa shape index (κ3) is 4.11. The smallest absolute Gasteiger partial charge is 0.238 e. The van der Waals surface area contributed by atoms with Crippen molar-refractivity contribution in [1.29, 1.82) is 0 Å². The van der Waals surface area contributed by atoms with Crippen molar-refractivity contribution in [3.8, 4) is 0 Å². The first-order valence-electron chi connectivity index (χ1n) is 6.08. The van der Waals surface area contributed by atoms with Crippen molar-refractivity contribution in [2.24, 2.45) is 5.14 Å². The first-order chi connectivity index (χ1) is 9.77. The van der Waals surface area contributed by atoms with Crippen LogP contribution in [0.25, 0.3) is 0 Å². The van der Waals surface area contributed by atoms with Crippen LogP contribution in [0.3, 0.4) is 0 Å². The Bertz CT molecular complexity index is 777. The third-order valence-corrected chi connectivity index (χ3v) is 4.52. The zero-order chi connectivity index (χ0) is 15.6. The topological polar surface area (TPSA) is 72.2 Å². The number of hydrogen-bond donors (Lipinski definition) is 2. The Morgan fingerprint density at radius 3 is 2.48 bits per heavy atom. The van der Waals surface area contributed by atoms with Crippen LogP contribution in [-0.4, -0.2) is 8.42 Å². The maximum Gasteiger partial charge on any atom is 0.238 e. The Kier molecular flexibility index (Phi) is 4.78. The third-order valence-electron chi connectivity index (χ3n) is 3.04. The van der Waals surface area contributed by atoms with Crippen LogP contribution in [0.15, 0.2) is 41.3 Å². The van der Waals surface area contributed by atoms with E-state index in [1.54, 1.807) is 6.07 Å². The minimum absolute atomic E-state index is 0.0160. The molecule has 0 spiro atoms. The van der Waals surface area contributed by atoms with Crippen molar-refractivity contribution in [3.63, 3.8) is 0 Å². The highest BCUT2D eigenvalue weighted by Gasteiger charge is 2.11. The largest absolute Gasteiger partial charge is 0.380 e. The summed E-state index contributed by atoms with van der Waals surface area (Å²) in [4.78, 5) is 0.0160. The molecular weight excluding hydrogens is 331 g/mol. The zero-order valence-electron chi connectivity index (χ0n) is 11.2. The van der Waals surface area contributed by atoms with E-state index < -0.39 is 10.0 Å². The monoisotopic (exact) mass is 344 g/mol. The summed E-state index contributed by atoms with van der Waals surface area (Å²) in [7, 11) is -3.75. The molecule has 0 heterocycles. The number of rotatable bonds is 4. The van der Waals surface area contributed by atoms with E-state index in [1.807, 2.05) is 19.1 Å². The number of nitrogens with two attached hydrogens (primary N) is 1. The van der Waals surface area contributed by atoms with Crippen molar-refractivity contribution >= 4 is 38.9 Å². The van der Waals surface area contributed by atoms with Crippen molar-refractivity contribution in [3.05, 3.63) is 57.6 Å². The fourth-order valence-electron chi connectivity index (χ4n) is 1.86. The molecular formula is C14H14Cl2N2O2S. The fourth-order valence-corrected chi connectivity index (χ4v) is 2.82. The number of sulfonamides is 1. The van der Waals surface area contributed by atoms with Crippen LogP contribution < -0.4 is 10.5 Å². The molecule has 0 aliphatic carbocycles. The number of anilines is 1. The van der Waals surface area contributed by atoms with Gasteiger partial charge in [0.05, 0.1) is 15.6 Å². The Hall–Kier alpha value is -1.27. The normalized spacial score (nSPS) is 11.4. The average Bonchev–Trinajstić information content (AvgIpc) is 2.38. The number of benzene rings is 2. The summed E-state index contributed by atoms with van der Waals surface area (Å²) in [5.74, 6) is 0. The molecule has 4 nitrogen and oxygen atoms in total. The molecule has 2 rings (SSSR count). The molecule has 0 radical (unpaired) electrons. The zero-order valence-corrected chi connectivity index (χ0v) is 13.6. The Labute approximate surface area is 133 Å². The molecule has 0 saturated carbocycles. The minimum Gasteiger partial charge on any atom is -0.380 e. The van der Waals surface area contributed by atoms with E-state index in [1.165, 1.54) is 18.2 Å². The van der Waals surface area contributed by atoms with Gasteiger partial charge in [0.1, 0.15) is 0 Å². The van der Waals surface area contributed by atoms with E-state index in [9.17, 15) is 8.42 Å². The molecule has 112 valence electrons. The highest BCUT2D eigenvalue weighted by Crippen LogP contribution is 2.26. The quantitative estimate of drug-likeness (QED) is 0.890. The lowest BCUT2D eigenvalue weighted by Gasteiger charge is -2.12. The Morgan fingerprint density at radius 1 is 1.14 bits per heavy atom. The van der Waals surface area contributed by atoms with Gasteiger partial charge in [-0.1, -0.05) is 29.3 Å². The van der Waals surface area contributed by atoms with Gasteiger partial charge in [-0.3, -0.25) is 0 Å². The van der Waals surface area contributed by atoms with Gasteiger partial charge in [0.15, 0.2) is 0 Å². The van der Waals surface area contributed by atoms with Gasteiger partial charge in [0, 0.05) is 11.6 Å². The lowest BCUT2D eigenvalue weighted by molar-refractivity contribution is 0.598. The van der Waals surface area contributed by atoms with Gasteiger partial charge in [0.2, 0.25) is 10.0 Å². The average molecular weight is 345 g/mol. The van der Waals surface area contributed by atoms with Gasteiger partial charge in [0.25, 0.3) is 0 Å². The van der Waals surface area contributed by atoms with Crippen molar-refractivity contribution in [2.45, 2.75) is 18.4 Å². The number of halogens is 2. The fraction of sp³-hybridized carbons (Fsp3) is 0.143. The number of primary sulfonamides is 1. The van der Waals surface area contributed by atoms with Gasteiger partial charge in [-0.2, -0.15) is 0 Å². The number of aryl methyl sites for hydroxylation is 1. The van der Waals surface area contributed by atoms with E-state index in [2.05, 4.69) is 5.32 Å². The molecule has 0 unspecified atom stereocenters. The summed E-state index contributed by atoms with van der Waals surface area (Å²) in [6.07, 6.45) is 0. The minimum atomic E-state index is -3.75. The summed E-state index contributed by atoms with van der Waals surface area (Å²) in [6.45, 7) is 2.45. The molecule has 0 amide bonds. The van der Waals surface area contributed by atoms with Gasteiger partial charge >= 0.3 is 0 Å². The molecule has 0 saturated heterocycles. The summed E-state index contributed by atoms with van der Waals surface area (Å²) >= 11 is 12.0. The summed E-state index contributed by atoms with van der Waals surface area (Å²) in [5, 5.41) is 9.31. The highest BCUT2D eigenvalue weighted by atomic mass is 35.5. The van der Waals surface area contributed by atoms with Crippen LogP contribution in [0, 0.1) is 6.92 Å². The van der Waals surface area contributed by atoms with Crippen molar-refractivity contribution in [1.82, 2.24) is 0 Å². The van der Waals surface area contributed by atoms with E-state index >= 15 is 0 Å². The summed E-state index contributed by atoms with van der Waals surface area (Å²) in [5.41, 5.74) is 2.59. The predicted molar refractivity (Wildman–Crippen MR) is 86.3 cm³/mol. The second-order valence-electron chi connectivity index (χ2n) is 4.61. The second-order valence-corrected chi connectivity index (χ2v) is 7.02. The molecule has 0 atom stereocenters. The molecule has 0 aromatic heterocycles. The summed E-state index contributed by atoms with van der Waals surface area (Å²) < 4.78 is 22.7. The molecule has 0 aliphatic rings. The standard InChI is InChI=1S/C14H14Cl2N2O2S/c1-9-6-11(15)3-2-10(9)8-18-14-7-12(21(17,19)20)4-5-13(14)16/h2-7,18H,8H2,1H3,(H2,17,19,20). The van der Waals surface area contributed by atoms with Gasteiger partial charge in [-0.15, -0.1) is 0 Å². The molecule has 0 fully saturated rings. The summed E-state index contributed by atoms with van der Waals surface area (Å²) in [6, 6.07) is 9.86. The maximum atomic E-state index is 11.4. The molecule has 21 heavy (non-hydrogen) atoms.